The summed E-state index contributed by atoms with van der Waals surface area (Å²) in [6.45, 7) is 6.31. The maximum atomic E-state index is 13.2. The summed E-state index contributed by atoms with van der Waals surface area (Å²) in [5, 5.41) is 58.3. The number of phenolic OH excluding ortho intramolecular Hbond substituents is 6. The molecule has 0 fully saturated rings. The van der Waals surface area contributed by atoms with Crippen molar-refractivity contribution < 1.29 is 52.3 Å². The Hall–Kier alpha value is -4.99. The van der Waals surface area contributed by atoms with Gasteiger partial charge >= 0.3 is 0 Å². The van der Waals surface area contributed by atoms with E-state index < -0.39 is 43.2 Å². The van der Waals surface area contributed by atoms with Gasteiger partial charge in [-0.1, -0.05) is 108 Å². The fraction of sp³-hybridized carbons (Fsp3) is 0.419. The third-order valence-electron chi connectivity index (χ3n) is 9.62. The van der Waals surface area contributed by atoms with Crippen molar-refractivity contribution in [1.82, 2.24) is 8.61 Å². The smallest absolute Gasteiger partial charge is 0.267 e. The lowest BCUT2D eigenvalue weighted by Crippen LogP contribution is -2.37. The number of phenols is 6. The highest BCUT2D eigenvalue weighted by molar-refractivity contribution is 7.89. The van der Waals surface area contributed by atoms with E-state index in [0.717, 1.165) is 93.3 Å². The second kappa shape index (κ2) is 22.8. The van der Waals surface area contributed by atoms with Crippen LogP contribution in [-0.2, 0) is 26.6 Å². The Bertz CT molecular complexity index is 2120. The van der Waals surface area contributed by atoms with Crippen LogP contribution in [-0.4, -0.2) is 75.1 Å². The van der Waals surface area contributed by atoms with E-state index in [1.165, 1.54) is 42.6 Å². The summed E-state index contributed by atoms with van der Waals surface area (Å²) in [5.41, 5.74) is 0.901. The maximum absolute atomic E-state index is 13.2. The first-order valence-electron chi connectivity index (χ1n) is 19.7. The van der Waals surface area contributed by atoms with Gasteiger partial charge in [0.05, 0.1) is 9.79 Å². The van der Waals surface area contributed by atoms with Gasteiger partial charge in [-0.15, -0.1) is 0 Å². The molecule has 0 saturated carbocycles. The van der Waals surface area contributed by atoms with Gasteiger partial charge in [0.1, 0.15) is 11.5 Å². The summed E-state index contributed by atoms with van der Waals surface area (Å²) in [4.78, 5) is 12.7. The monoisotopic (exact) mass is 842 g/mol. The second-order valence-corrected chi connectivity index (χ2v) is 18.0. The molecule has 0 atom stereocenters. The molecule has 0 aliphatic heterocycles. The number of amides is 1. The Labute approximate surface area is 343 Å². The summed E-state index contributed by atoms with van der Waals surface area (Å²) in [6.07, 6.45) is 11.7. The van der Waals surface area contributed by atoms with Gasteiger partial charge < -0.3 is 30.6 Å². The van der Waals surface area contributed by atoms with Crippen LogP contribution in [0.3, 0.4) is 0 Å². The zero-order valence-corrected chi connectivity index (χ0v) is 35.2. The Morgan fingerprint density at radius 2 is 0.966 bits per heavy atom. The van der Waals surface area contributed by atoms with E-state index in [0.29, 0.717) is 17.3 Å². The first-order valence-corrected chi connectivity index (χ1v) is 22.6. The van der Waals surface area contributed by atoms with Crippen molar-refractivity contribution >= 4 is 26.0 Å². The standard InChI is InChI=1S/C22H29NO7S.C21H29NO4S/c1-3-4-5-6-7-8-11-23(22(28)16-12-19(25)15(2)20(26)13-16)31(29,30)17-9-10-18(24)21(27)14-17;1-2-3-4-5-6-10-15-22(17-18-11-8-7-9-12-18)27(25,26)19-13-14-20(23)21(24)16-19/h9-10,12-14,24-27H,3-8,11H2,1-2H3;7-9,11-14,16,23-24H,2-6,10,15,17H2,1H3. The molecule has 0 radical (unpaired) electrons. The Balaban J connectivity index is 0.000000313. The highest BCUT2D eigenvalue weighted by Gasteiger charge is 2.31. The summed E-state index contributed by atoms with van der Waals surface area (Å²) in [6, 6.07) is 18.3. The molecule has 0 bridgehead atoms. The van der Waals surface area contributed by atoms with Crippen molar-refractivity contribution in [2.45, 2.75) is 114 Å². The number of rotatable bonds is 21. The number of nitrogens with zero attached hydrogens (tertiary/aromatic N) is 2. The fourth-order valence-corrected chi connectivity index (χ4v) is 9.00. The minimum absolute atomic E-state index is 0.0142. The van der Waals surface area contributed by atoms with E-state index in [2.05, 4.69) is 13.8 Å². The van der Waals surface area contributed by atoms with Gasteiger partial charge in [-0.3, -0.25) is 4.79 Å². The van der Waals surface area contributed by atoms with Crippen molar-refractivity contribution in [1.29, 1.82) is 0 Å². The molecule has 0 heterocycles. The molecule has 0 spiro atoms. The van der Waals surface area contributed by atoms with Crippen LogP contribution in [0.25, 0.3) is 0 Å². The molecule has 4 aromatic rings. The van der Waals surface area contributed by atoms with Crippen LogP contribution in [0.1, 0.15) is 112 Å². The first kappa shape index (κ1) is 47.4. The van der Waals surface area contributed by atoms with Crippen LogP contribution in [0.5, 0.6) is 34.5 Å². The highest BCUT2D eigenvalue weighted by atomic mass is 32.2. The molecule has 4 rings (SSSR count). The normalized spacial score (nSPS) is 11.6. The second-order valence-electron chi connectivity index (χ2n) is 14.2. The first-order chi connectivity index (χ1) is 27.5. The quantitative estimate of drug-likeness (QED) is 0.0345. The van der Waals surface area contributed by atoms with E-state index in [1.54, 1.807) is 0 Å². The van der Waals surface area contributed by atoms with Crippen LogP contribution < -0.4 is 0 Å². The molecule has 0 aromatic heterocycles. The van der Waals surface area contributed by atoms with Crippen molar-refractivity contribution in [3.05, 3.63) is 95.6 Å². The Morgan fingerprint density at radius 1 is 0.517 bits per heavy atom. The minimum Gasteiger partial charge on any atom is -0.508 e. The topological polar surface area (TPSA) is 213 Å². The molecule has 13 nitrogen and oxygen atoms in total. The third kappa shape index (κ3) is 13.6. The highest BCUT2D eigenvalue weighted by Crippen LogP contribution is 2.33. The van der Waals surface area contributed by atoms with Gasteiger partial charge in [-0.25, -0.2) is 21.1 Å². The largest absolute Gasteiger partial charge is 0.508 e. The number of carbonyl (C=O) groups excluding carboxylic acids is 1. The molecule has 58 heavy (non-hydrogen) atoms. The number of hydrogen-bond acceptors (Lipinski definition) is 11. The van der Waals surface area contributed by atoms with Gasteiger partial charge in [0, 0.05) is 42.9 Å². The molecule has 0 aliphatic carbocycles. The molecular formula is C43H58N2O11S2. The van der Waals surface area contributed by atoms with Gasteiger partial charge in [-0.05, 0) is 61.7 Å². The van der Waals surface area contributed by atoms with Gasteiger partial charge in [0.25, 0.3) is 15.9 Å². The molecule has 4 aromatic carbocycles. The number of carbonyl (C=O) groups is 1. The van der Waals surface area contributed by atoms with Crippen LogP contribution in [0.4, 0.5) is 0 Å². The van der Waals surface area contributed by atoms with Crippen LogP contribution in [0.2, 0.25) is 0 Å². The molecule has 6 N–H and O–H groups in total. The lowest BCUT2D eigenvalue weighted by Gasteiger charge is -2.23. The lowest BCUT2D eigenvalue weighted by atomic mass is 10.1. The maximum Gasteiger partial charge on any atom is 0.267 e. The van der Waals surface area contributed by atoms with Gasteiger partial charge in [0.15, 0.2) is 23.0 Å². The van der Waals surface area contributed by atoms with E-state index in [9.17, 15) is 52.3 Å². The van der Waals surface area contributed by atoms with Crippen LogP contribution >= 0.6 is 0 Å². The van der Waals surface area contributed by atoms with Crippen LogP contribution in [0, 0.1) is 6.92 Å². The summed E-state index contributed by atoms with van der Waals surface area (Å²) >= 11 is 0. The molecule has 318 valence electrons. The third-order valence-corrected chi connectivity index (χ3v) is 13.2. The lowest BCUT2D eigenvalue weighted by molar-refractivity contribution is 0.0858. The number of aromatic hydroxyl groups is 6. The SMILES string of the molecule is CCCCCCCCN(C(=O)c1cc(O)c(C)c(O)c1)S(=O)(=O)c1ccc(O)c(O)c1.CCCCCCCCN(Cc1ccccc1)S(=O)(=O)c1ccc(O)c(O)c1. The van der Waals surface area contributed by atoms with Crippen molar-refractivity contribution in [2.24, 2.45) is 0 Å². The van der Waals surface area contributed by atoms with E-state index in [-0.39, 0.29) is 51.3 Å². The number of benzene rings is 4. The Kier molecular flexibility index (Phi) is 18.6. The summed E-state index contributed by atoms with van der Waals surface area (Å²) in [5.74, 6) is -3.45. The average Bonchev–Trinajstić information content (AvgIpc) is 3.19. The predicted molar refractivity (Wildman–Crippen MR) is 223 cm³/mol. The van der Waals surface area contributed by atoms with E-state index in [4.69, 9.17) is 0 Å². The zero-order chi connectivity index (χ0) is 42.9. The predicted octanol–water partition coefficient (Wildman–Crippen LogP) is 8.66. The zero-order valence-electron chi connectivity index (χ0n) is 33.5. The number of unbranched alkanes of at least 4 members (excludes halogenated alkanes) is 10. The number of hydrogen-bond donors (Lipinski definition) is 6. The van der Waals surface area contributed by atoms with E-state index >= 15 is 0 Å². The Morgan fingerprint density at radius 3 is 1.45 bits per heavy atom. The minimum atomic E-state index is -4.37. The van der Waals surface area contributed by atoms with Crippen molar-refractivity contribution in [2.75, 3.05) is 13.1 Å². The molecule has 0 saturated heterocycles. The fourth-order valence-electron chi connectivity index (χ4n) is 6.06. The molecule has 1 amide bonds. The molecule has 15 heteroatoms. The van der Waals surface area contributed by atoms with Gasteiger partial charge in [-0.2, -0.15) is 4.31 Å². The molecular weight excluding hydrogens is 785 g/mol. The van der Waals surface area contributed by atoms with Crippen molar-refractivity contribution in [3.63, 3.8) is 0 Å². The van der Waals surface area contributed by atoms with Crippen molar-refractivity contribution in [3.8, 4) is 34.5 Å². The van der Waals surface area contributed by atoms with Gasteiger partial charge in [0.2, 0.25) is 10.0 Å². The van der Waals surface area contributed by atoms with E-state index in [1.807, 2.05) is 30.3 Å². The van der Waals surface area contributed by atoms with Crippen LogP contribution in [0.15, 0.2) is 88.7 Å². The molecule has 0 unspecified atom stereocenters. The molecule has 0 aliphatic rings. The summed E-state index contributed by atoms with van der Waals surface area (Å²) < 4.78 is 54.7. The summed E-state index contributed by atoms with van der Waals surface area (Å²) in [7, 11) is -8.15. The number of sulfonamides is 2. The average molecular weight is 843 g/mol.